The predicted octanol–water partition coefficient (Wildman–Crippen LogP) is 2.66. The van der Waals surface area contributed by atoms with Crippen LogP contribution < -0.4 is 5.73 Å². The average molecular weight is 215 g/mol. The van der Waals surface area contributed by atoms with Crippen molar-refractivity contribution in [3.63, 3.8) is 0 Å². The molecule has 1 aromatic rings. The molecule has 0 amide bonds. The number of phenolic OH excluding ortho intramolecular Hbond substituents is 1. The van der Waals surface area contributed by atoms with Gasteiger partial charge in [-0.3, -0.25) is 0 Å². The number of hydrogen-bond acceptors (Lipinski definition) is 2. The zero-order valence-electron chi connectivity index (χ0n) is 8.80. The largest absolute Gasteiger partial charge is 0.508 e. The lowest BCUT2D eigenvalue weighted by atomic mass is 9.94. The molecule has 0 bridgehead atoms. The number of halogens is 2. The molecule has 0 aliphatic carbocycles. The predicted molar refractivity (Wildman–Crippen MR) is 55.1 cm³/mol. The molecule has 4 heteroatoms. The van der Waals surface area contributed by atoms with Crippen molar-refractivity contribution in [3.8, 4) is 5.75 Å². The maximum absolute atomic E-state index is 12.2. The van der Waals surface area contributed by atoms with Gasteiger partial charge in [-0.2, -0.15) is 0 Å². The van der Waals surface area contributed by atoms with Crippen LogP contribution >= 0.6 is 0 Å². The molecule has 3 N–H and O–H groups in total. The lowest BCUT2D eigenvalue weighted by Gasteiger charge is -2.17. The Balaban J connectivity index is 3.03. The van der Waals surface area contributed by atoms with E-state index >= 15 is 0 Å². The van der Waals surface area contributed by atoms with E-state index in [1.54, 1.807) is 13.8 Å². The number of benzene rings is 1. The van der Waals surface area contributed by atoms with Crippen molar-refractivity contribution in [2.75, 3.05) is 0 Å². The van der Waals surface area contributed by atoms with Gasteiger partial charge in [0, 0.05) is 12.5 Å². The summed E-state index contributed by atoms with van der Waals surface area (Å²) in [5.74, 6) is 0.137. The molecule has 1 atom stereocenters. The third-order valence-corrected chi connectivity index (χ3v) is 2.38. The zero-order chi connectivity index (χ0) is 11.6. The second kappa shape index (κ2) is 4.57. The number of aryl methyl sites for hydroxylation is 2. The second-order valence-corrected chi connectivity index (χ2v) is 3.73. The summed E-state index contributed by atoms with van der Waals surface area (Å²) in [6.07, 6.45) is -2.76. The first kappa shape index (κ1) is 11.9. The average Bonchev–Trinajstić information content (AvgIpc) is 1.99. The quantitative estimate of drug-likeness (QED) is 0.814. The molecule has 0 saturated carbocycles. The highest BCUT2D eigenvalue weighted by Crippen LogP contribution is 2.28. The fourth-order valence-corrected chi connectivity index (χ4v) is 1.85. The molecule has 0 spiro atoms. The summed E-state index contributed by atoms with van der Waals surface area (Å²) < 4.78 is 24.4. The molecule has 1 aromatic carbocycles. The van der Waals surface area contributed by atoms with Crippen LogP contribution in [-0.2, 0) is 0 Å². The Bertz CT molecular complexity index is 329. The third-order valence-electron chi connectivity index (χ3n) is 2.38. The first-order chi connectivity index (χ1) is 6.91. The highest BCUT2D eigenvalue weighted by atomic mass is 19.3. The minimum atomic E-state index is -2.41. The number of rotatable bonds is 3. The summed E-state index contributed by atoms with van der Waals surface area (Å²) in [5.41, 5.74) is 7.89. The number of alkyl halides is 2. The standard InChI is InChI=1S/C11H15F2NO/c1-6-3-8(15)4-7(2)11(6)9(14)5-10(12)13/h3-4,9-10,15H,5,14H2,1-2H3/t9-/m0/s1. The van der Waals surface area contributed by atoms with Crippen LogP contribution in [0.15, 0.2) is 12.1 Å². The Morgan fingerprint density at radius 1 is 1.27 bits per heavy atom. The molecule has 0 radical (unpaired) electrons. The van der Waals surface area contributed by atoms with Crippen LogP contribution in [0, 0.1) is 13.8 Å². The van der Waals surface area contributed by atoms with Gasteiger partial charge in [0.2, 0.25) is 6.43 Å². The van der Waals surface area contributed by atoms with Crippen LogP contribution in [0.5, 0.6) is 5.75 Å². The molecular formula is C11H15F2NO. The number of hydrogen-bond donors (Lipinski definition) is 2. The molecule has 0 heterocycles. The van der Waals surface area contributed by atoms with Crippen LogP contribution in [0.25, 0.3) is 0 Å². The maximum Gasteiger partial charge on any atom is 0.240 e. The normalized spacial score (nSPS) is 13.2. The smallest absolute Gasteiger partial charge is 0.240 e. The summed E-state index contributed by atoms with van der Waals surface area (Å²) >= 11 is 0. The Morgan fingerprint density at radius 2 is 1.73 bits per heavy atom. The van der Waals surface area contributed by atoms with Crippen molar-refractivity contribution in [1.29, 1.82) is 0 Å². The van der Waals surface area contributed by atoms with E-state index in [-0.39, 0.29) is 12.2 Å². The van der Waals surface area contributed by atoms with Crippen molar-refractivity contribution in [2.45, 2.75) is 32.7 Å². The van der Waals surface area contributed by atoms with Crippen molar-refractivity contribution >= 4 is 0 Å². The van der Waals surface area contributed by atoms with Gasteiger partial charge in [0.05, 0.1) is 0 Å². The summed E-state index contributed by atoms with van der Waals surface area (Å²) in [4.78, 5) is 0. The molecular weight excluding hydrogens is 200 g/mol. The third kappa shape index (κ3) is 2.89. The summed E-state index contributed by atoms with van der Waals surface area (Å²) in [6, 6.07) is 2.40. The van der Waals surface area contributed by atoms with E-state index in [1.807, 2.05) is 0 Å². The van der Waals surface area contributed by atoms with Crippen molar-refractivity contribution in [1.82, 2.24) is 0 Å². The van der Waals surface area contributed by atoms with E-state index in [0.717, 1.165) is 11.1 Å². The van der Waals surface area contributed by atoms with Gasteiger partial charge in [0.25, 0.3) is 0 Å². The van der Waals surface area contributed by atoms with Crippen molar-refractivity contribution in [2.24, 2.45) is 5.73 Å². The molecule has 0 fully saturated rings. The van der Waals surface area contributed by atoms with E-state index in [0.29, 0.717) is 5.56 Å². The topological polar surface area (TPSA) is 46.2 Å². The SMILES string of the molecule is Cc1cc(O)cc(C)c1[C@@H](N)CC(F)F. The van der Waals surface area contributed by atoms with Crippen LogP contribution in [0.1, 0.15) is 29.2 Å². The zero-order valence-corrected chi connectivity index (χ0v) is 8.80. The number of aromatic hydroxyl groups is 1. The molecule has 0 saturated heterocycles. The molecule has 1 rings (SSSR count). The minimum Gasteiger partial charge on any atom is -0.508 e. The Morgan fingerprint density at radius 3 is 2.13 bits per heavy atom. The minimum absolute atomic E-state index is 0.137. The van der Waals surface area contributed by atoms with E-state index in [4.69, 9.17) is 5.73 Å². The maximum atomic E-state index is 12.2. The second-order valence-electron chi connectivity index (χ2n) is 3.73. The molecule has 0 aliphatic heterocycles. The molecule has 15 heavy (non-hydrogen) atoms. The molecule has 2 nitrogen and oxygen atoms in total. The van der Waals surface area contributed by atoms with Gasteiger partial charge in [0.1, 0.15) is 5.75 Å². The summed E-state index contributed by atoms with van der Waals surface area (Å²) in [7, 11) is 0. The van der Waals surface area contributed by atoms with Crippen LogP contribution in [-0.4, -0.2) is 11.5 Å². The lowest BCUT2D eigenvalue weighted by Crippen LogP contribution is -2.16. The van der Waals surface area contributed by atoms with E-state index < -0.39 is 12.5 Å². The highest BCUT2D eigenvalue weighted by Gasteiger charge is 2.17. The number of phenols is 1. The van der Waals surface area contributed by atoms with Gasteiger partial charge < -0.3 is 10.8 Å². The molecule has 84 valence electrons. The fraction of sp³-hybridized carbons (Fsp3) is 0.455. The monoisotopic (exact) mass is 215 g/mol. The summed E-state index contributed by atoms with van der Waals surface area (Å²) in [5, 5.41) is 9.29. The molecule has 0 unspecified atom stereocenters. The van der Waals surface area contributed by atoms with Crippen molar-refractivity contribution < 1.29 is 13.9 Å². The van der Waals surface area contributed by atoms with Gasteiger partial charge >= 0.3 is 0 Å². The van der Waals surface area contributed by atoms with Gasteiger partial charge in [-0.05, 0) is 42.7 Å². The first-order valence-electron chi connectivity index (χ1n) is 4.75. The fourth-order valence-electron chi connectivity index (χ4n) is 1.85. The van der Waals surface area contributed by atoms with E-state index in [2.05, 4.69) is 0 Å². The lowest BCUT2D eigenvalue weighted by molar-refractivity contribution is 0.128. The highest BCUT2D eigenvalue weighted by molar-refractivity contribution is 5.42. The van der Waals surface area contributed by atoms with E-state index in [1.165, 1.54) is 12.1 Å². The van der Waals surface area contributed by atoms with E-state index in [9.17, 15) is 13.9 Å². The van der Waals surface area contributed by atoms with Crippen LogP contribution in [0.4, 0.5) is 8.78 Å². The van der Waals surface area contributed by atoms with Crippen molar-refractivity contribution in [3.05, 3.63) is 28.8 Å². The molecule has 0 aromatic heterocycles. The Labute approximate surface area is 87.7 Å². The van der Waals surface area contributed by atoms with Gasteiger partial charge in [-0.1, -0.05) is 0 Å². The molecule has 0 aliphatic rings. The van der Waals surface area contributed by atoms with Crippen LogP contribution in [0.2, 0.25) is 0 Å². The Hall–Kier alpha value is -1.16. The summed E-state index contributed by atoms with van der Waals surface area (Å²) in [6.45, 7) is 3.51. The van der Waals surface area contributed by atoms with Gasteiger partial charge in [0.15, 0.2) is 0 Å². The van der Waals surface area contributed by atoms with Gasteiger partial charge in [-0.25, -0.2) is 8.78 Å². The van der Waals surface area contributed by atoms with Gasteiger partial charge in [-0.15, -0.1) is 0 Å². The van der Waals surface area contributed by atoms with Crippen LogP contribution in [0.3, 0.4) is 0 Å². The number of nitrogens with two attached hydrogens (primary N) is 1. The first-order valence-corrected chi connectivity index (χ1v) is 4.75. The Kier molecular flexibility index (Phi) is 3.63.